The van der Waals surface area contributed by atoms with Gasteiger partial charge in [0.1, 0.15) is 5.75 Å². The van der Waals surface area contributed by atoms with Gasteiger partial charge in [0, 0.05) is 18.5 Å². The van der Waals surface area contributed by atoms with Gasteiger partial charge in [0.25, 0.3) is 0 Å². The minimum absolute atomic E-state index is 0.0254. The first-order valence-electron chi connectivity index (χ1n) is 8.79. The minimum atomic E-state index is -0.0254. The molecule has 0 aliphatic heterocycles. The second-order valence-electron chi connectivity index (χ2n) is 6.21. The normalized spacial score (nSPS) is 11.9. The van der Waals surface area contributed by atoms with Gasteiger partial charge in [0.2, 0.25) is 5.91 Å². The van der Waals surface area contributed by atoms with Gasteiger partial charge in [-0.3, -0.25) is 9.69 Å². The van der Waals surface area contributed by atoms with E-state index in [0.717, 1.165) is 42.0 Å². The zero-order chi connectivity index (χ0) is 18.4. The Hall–Kier alpha value is -2.43. The van der Waals surface area contributed by atoms with Crippen LogP contribution in [0.15, 0.2) is 30.5 Å². The average molecular weight is 341 g/mol. The molecule has 1 atom stereocenters. The predicted octanol–water partition coefficient (Wildman–Crippen LogP) is 4.11. The molecule has 1 aromatic heterocycles. The van der Waals surface area contributed by atoms with E-state index in [2.05, 4.69) is 11.9 Å². The highest BCUT2D eigenvalue weighted by Gasteiger charge is 2.21. The molecule has 1 aromatic carbocycles. The maximum Gasteiger partial charge on any atom is 0.230 e. The van der Waals surface area contributed by atoms with Crippen molar-refractivity contribution in [3.8, 4) is 17.0 Å². The van der Waals surface area contributed by atoms with Gasteiger partial charge in [0.15, 0.2) is 5.82 Å². The smallest absolute Gasteiger partial charge is 0.230 e. The summed E-state index contributed by atoms with van der Waals surface area (Å²) in [6.07, 6.45) is 4.27. The van der Waals surface area contributed by atoms with Gasteiger partial charge in [-0.05, 0) is 37.1 Å². The molecule has 5 heteroatoms. The number of aromatic nitrogens is 2. The quantitative estimate of drug-likeness (QED) is 0.760. The highest BCUT2D eigenvalue weighted by atomic mass is 16.5. The lowest BCUT2D eigenvalue weighted by molar-refractivity contribution is -0.121. The zero-order valence-corrected chi connectivity index (χ0v) is 15.7. The number of amides is 1. The molecule has 0 fully saturated rings. The van der Waals surface area contributed by atoms with E-state index in [1.165, 1.54) is 0 Å². The first-order valence-corrected chi connectivity index (χ1v) is 8.79. The van der Waals surface area contributed by atoms with Crippen LogP contribution in [-0.2, 0) is 11.2 Å². The van der Waals surface area contributed by atoms with Crippen LogP contribution in [0.25, 0.3) is 11.3 Å². The third kappa shape index (κ3) is 4.35. The fraction of sp³-hybridized carbons (Fsp3) is 0.450. The summed E-state index contributed by atoms with van der Waals surface area (Å²) in [5.74, 6) is 1.51. The van der Waals surface area contributed by atoms with Gasteiger partial charge in [-0.15, -0.1) is 0 Å². The summed E-state index contributed by atoms with van der Waals surface area (Å²) in [4.78, 5) is 23.5. The molecule has 0 spiro atoms. The summed E-state index contributed by atoms with van der Waals surface area (Å²) in [6, 6.07) is 7.74. The number of hydrogen-bond acceptors (Lipinski definition) is 4. The molecule has 25 heavy (non-hydrogen) atoms. The average Bonchev–Trinajstić information content (AvgIpc) is 2.66. The lowest BCUT2D eigenvalue weighted by Crippen LogP contribution is -2.33. The maximum atomic E-state index is 12.5. The summed E-state index contributed by atoms with van der Waals surface area (Å²) in [5, 5.41) is 0. The van der Waals surface area contributed by atoms with E-state index < -0.39 is 0 Å². The summed E-state index contributed by atoms with van der Waals surface area (Å²) in [7, 11) is 3.43. The van der Waals surface area contributed by atoms with Gasteiger partial charge in [-0.1, -0.05) is 27.2 Å². The van der Waals surface area contributed by atoms with Crippen molar-refractivity contribution in [2.45, 2.75) is 40.0 Å². The first kappa shape index (κ1) is 18.9. The molecule has 2 rings (SSSR count). The Bertz CT molecular complexity index is 713. The molecule has 1 amide bonds. The van der Waals surface area contributed by atoms with Crippen LogP contribution in [0.5, 0.6) is 5.75 Å². The number of methoxy groups -OCH3 is 1. The highest BCUT2D eigenvalue weighted by Crippen LogP contribution is 2.25. The van der Waals surface area contributed by atoms with E-state index in [1.807, 2.05) is 38.1 Å². The third-order valence-corrected chi connectivity index (χ3v) is 4.38. The predicted molar refractivity (Wildman–Crippen MR) is 101 cm³/mol. The van der Waals surface area contributed by atoms with E-state index in [4.69, 9.17) is 9.72 Å². The van der Waals surface area contributed by atoms with Crippen LogP contribution in [0.3, 0.4) is 0 Å². The number of nitrogens with zero attached hydrogens (tertiary/aromatic N) is 3. The largest absolute Gasteiger partial charge is 0.497 e. The Morgan fingerprint density at radius 1 is 1.24 bits per heavy atom. The lowest BCUT2D eigenvalue weighted by Gasteiger charge is -2.22. The van der Waals surface area contributed by atoms with Crippen LogP contribution in [-0.4, -0.2) is 30.0 Å². The molecule has 1 unspecified atom stereocenters. The number of carbonyl (C=O) groups is 1. The van der Waals surface area contributed by atoms with Gasteiger partial charge in [-0.2, -0.15) is 0 Å². The van der Waals surface area contributed by atoms with Crippen molar-refractivity contribution in [2.75, 3.05) is 19.1 Å². The Balaban J connectivity index is 2.37. The van der Waals surface area contributed by atoms with Gasteiger partial charge < -0.3 is 4.74 Å². The zero-order valence-electron chi connectivity index (χ0n) is 15.7. The highest BCUT2D eigenvalue weighted by molar-refractivity contribution is 5.93. The number of rotatable bonds is 7. The first-order chi connectivity index (χ1) is 12.0. The van der Waals surface area contributed by atoms with E-state index in [-0.39, 0.29) is 11.8 Å². The van der Waals surface area contributed by atoms with Crippen LogP contribution in [0.4, 0.5) is 5.82 Å². The molecule has 0 bridgehead atoms. The van der Waals surface area contributed by atoms with E-state index >= 15 is 0 Å². The summed E-state index contributed by atoms with van der Waals surface area (Å²) in [6.45, 7) is 6.06. The van der Waals surface area contributed by atoms with Crippen LogP contribution >= 0.6 is 0 Å². The fourth-order valence-electron chi connectivity index (χ4n) is 2.62. The molecule has 2 aromatic rings. The van der Waals surface area contributed by atoms with Crippen molar-refractivity contribution < 1.29 is 9.53 Å². The molecule has 1 heterocycles. The Kier molecular flexibility index (Phi) is 6.51. The fourth-order valence-corrected chi connectivity index (χ4v) is 2.62. The molecule has 0 aliphatic carbocycles. The van der Waals surface area contributed by atoms with Crippen molar-refractivity contribution in [2.24, 2.45) is 5.92 Å². The second kappa shape index (κ2) is 8.60. The molecule has 0 radical (unpaired) electrons. The van der Waals surface area contributed by atoms with Crippen LogP contribution in [0.2, 0.25) is 0 Å². The van der Waals surface area contributed by atoms with Gasteiger partial charge >= 0.3 is 0 Å². The SMILES string of the molecule is CCCc1nc(-c2ccc(OC)cc2)cnc1N(C)C(=O)C(C)CC. The Morgan fingerprint density at radius 3 is 2.48 bits per heavy atom. The molecular weight excluding hydrogens is 314 g/mol. The Morgan fingerprint density at radius 2 is 1.92 bits per heavy atom. The summed E-state index contributed by atoms with van der Waals surface area (Å²) in [5.41, 5.74) is 2.64. The number of hydrogen-bond donors (Lipinski definition) is 0. The minimum Gasteiger partial charge on any atom is -0.497 e. The van der Waals surface area contributed by atoms with E-state index in [0.29, 0.717) is 5.82 Å². The van der Waals surface area contributed by atoms with Crippen molar-refractivity contribution in [1.82, 2.24) is 9.97 Å². The number of benzene rings is 1. The van der Waals surface area contributed by atoms with Gasteiger partial charge in [0.05, 0.1) is 24.7 Å². The maximum absolute atomic E-state index is 12.5. The van der Waals surface area contributed by atoms with Crippen LogP contribution < -0.4 is 9.64 Å². The number of ether oxygens (including phenoxy) is 1. The van der Waals surface area contributed by atoms with Crippen LogP contribution in [0.1, 0.15) is 39.3 Å². The number of anilines is 1. The molecule has 134 valence electrons. The standard InChI is InChI=1S/C20H27N3O2/c1-6-8-17-19(23(4)20(24)14(3)7-2)21-13-18(22-17)15-9-11-16(25-5)12-10-15/h9-14H,6-8H2,1-5H3. The molecule has 5 nitrogen and oxygen atoms in total. The second-order valence-corrected chi connectivity index (χ2v) is 6.21. The van der Waals surface area contributed by atoms with Crippen molar-refractivity contribution in [3.05, 3.63) is 36.2 Å². The van der Waals surface area contributed by atoms with Crippen molar-refractivity contribution in [3.63, 3.8) is 0 Å². The van der Waals surface area contributed by atoms with E-state index in [1.54, 1.807) is 25.3 Å². The van der Waals surface area contributed by atoms with Gasteiger partial charge in [-0.25, -0.2) is 9.97 Å². The molecule has 0 saturated heterocycles. The topological polar surface area (TPSA) is 55.3 Å². The van der Waals surface area contributed by atoms with Crippen LogP contribution in [0, 0.1) is 5.92 Å². The third-order valence-electron chi connectivity index (χ3n) is 4.38. The number of carbonyl (C=O) groups excluding carboxylic acids is 1. The Labute approximate surface area is 150 Å². The monoisotopic (exact) mass is 341 g/mol. The molecule has 0 saturated carbocycles. The molecule has 0 N–H and O–H groups in total. The van der Waals surface area contributed by atoms with Crippen molar-refractivity contribution >= 4 is 11.7 Å². The number of aryl methyl sites for hydroxylation is 1. The molecule has 0 aliphatic rings. The van der Waals surface area contributed by atoms with Crippen molar-refractivity contribution in [1.29, 1.82) is 0 Å². The summed E-state index contributed by atoms with van der Waals surface area (Å²) < 4.78 is 5.20. The molecular formula is C20H27N3O2. The lowest BCUT2D eigenvalue weighted by atomic mass is 10.1. The summed E-state index contributed by atoms with van der Waals surface area (Å²) >= 11 is 0. The van der Waals surface area contributed by atoms with E-state index in [9.17, 15) is 4.79 Å².